The van der Waals surface area contributed by atoms with E-state index in [9.17, 15) is 4.39 Å². The van der Waals surface area contributed by atoms with E-state index in [-0.39, 0.29) is 5.82 Å². The molecular weight excluding hydrogens is 295 g/mol. The molecule has 1 aromatic rings. The Bertz CT molecular complexity index is 537. The van der Waals surface area contributed by atoms with Crippen LogP contribution in [0.5, 0.6) is 0 Å². The lowest BCUT2D eigenvalue weighted by Gasteiger charge is -2.35. The lowest BCUT2D eigenvalue weighted by molar-refractivity contribution is 0.187. The summed E-state index contributed by atoms with van der Waals surface area (Å²) in [6.07, 6.45) is 17.5. The van der Waals surface area contributed by atoms with Crippen LogP contribution in [0.1, 0.15) is 83.1 Å². The van der Waals surface area contributed by atoms with Crippen LogP contribution >= 0.6 is 0 Å². The standard InChI is InChI=1S/C23H33F/c1-2-3-4-6-18-9-11-19(12-10-18)20-13-15-21(16-14-20)22-7-5-8-23(24)17-22/h5,7-8,15,17-20H,2-4,6,9-14,16H2,1H3. The minimum Gasteiger partial charge on any atom is -0.207 e. The molecule has 132 valence electrons. The molecule has 0 bridgehead atoms. The molecule has 24 heavy (non-hydrogen) atoms. The zero-order valence-electron chi connectivity index (χ0n) is 15.3. The normalized spacial score (nSPS) is 27.8. The van der Waals surface area contributed by atoms with E-state index < -0.39 is 0 Å². The van der Waals surface area contributed by atoms with Crippen LogP contribution in [0.2, 0.25) is 0 Å². The monoisotopic (exact) mass is 328 g/mol. The second-order valence-corrected chi connectivity index (χ2v) is 8.05. The molecule has 2 aliphatic carbocycles. The summed E-state index contributed by atoms with van der Waals surface area (Å²) >= 11 is 0. The largest absolute Gasteiger partial charge is 0.207 e. The predicted molar refractivity (Wildman–Crippen MR) is 101 cm³/mol. The van der Waals surface area contributed by atoms with Gasteiger partial charge in [-0.3, -0.25) is 0 Å². The zero-order valence-corrected chi connectivity index (χ0v) is 15.3. The Morgan fingerprint density at radius 2 is 1.83 bits per heavy atom. The molecule has 0 aromatic heterocycles. The van der Waals surface area contributed by atoms with Crippen LogP contribution in [0, 0.1) is 23.6 Å². The van der Waals surface area contributed by atoms with Crippen molar-refractivity contribution >= 4 is 5.57 Å². The summed E-state index contributed by atoms with van der Waals surface area (Å²) in [5.74, 6) is 2.71. The van der Waals surface area contributed by atoms with E-state index in [4.69, 9.17) is 0 Å². The van der Waals surface area contributed by atoms with Crippen LogP contribution in [0.4, 0.5) is 4.39 Å². The van der Waals surface area contributed by atoms with Crippen molar-refractivity contribution in [2.24, 2.45) is 17.8 Å². The van der Waals surface area contributed by atoms with Gasteiger partial charge in [0.05, 0.1) is 0 Å². The van der Waals surface area contributed by atoms with Gasteiger partial charge in [0.1, 0.15) is 5.82 Å². The molecule has 1 unspecified atom stereocenters. The molecule has 1 fully saturated rings. The van der Waals surface area contributed by atoms with Gasteiger partial charge in [-0.1, -0.05) is 63.7 Å². The average Bonchev–Trinajstić information content (AvgIpc) is 2.63. The minimum atomic E-state index is -0.114. The average molecular weight is 329 g/mol. The van der Waals surface area contributed by atoms with Crippen molar-refractivity contribution in [3.63, 3.8) is 0 Å². The molecule has 0 nitrogen and oxygen atoms in total. The third-order valence-electron chi connectivity index (χ3n) is 6.42. The number of hydrogen-bond donors (Lipinski definition) is 0. The molecule has 1 atom stereocenters. The fourth-order valence-electron chi connectivity index (χ4n) is 4.86. The van der Waals surface area contributed by atoms with E-state index in [1.807, 2.05) is 6.07 Å². The molecule has 1 aromatic carbocycles. The van der Waals surface area contributed by atoms with Gasteiger partial charge in [-0.15, -0.1) is 0 Å². The summed E-state index contributed by atoms with van der Waals surface area (Å²) in [4.78, 5) is 0. The Morgan fingerprint density at radius 1 is 1.00 bits per heavy atom. The van der Waals surface area contributed by atoms with Crippen LogP contribution in [0.15, 0.2) is 30.3 Å². The van der Waals surface area contributed by atoms with Gasteiger partial charge in [-0.05, 0) is 73.1 Å². The summed E-state index contributed by atoms with van der Waals surface area (Å²) in [6.45, 7) is 2.30. The summed E-state index contributed by atoms with van der Waals surface area (Å²) < 4.78 is 13.4. The van der Waals surface area contributed by atoms with E-state index in [1.165, 1.54) is 75.8 Å². The molecule has 3 rings (SSSR count). The van der Waals surface area contributed by atoms with Crippen molar-refractivity contribution in [1.29, 1.82) is 0 Å². The summed E-state index contributed by atoms with van der Waals surface area (Å²) in [5, 5.41) is 0. The van der Waals surface area contributed by atoms with Crippen molar-refractivity contribution in [2.45, 2.75) is 77.6 Å². The van der Waals surface area contributed by atoms with Gasteiger partial charge >= 0.3 is 0 Å². The second kappa shape index (κ2) is 8.83. The maximum atomic E-state index is 13.4. The van der Waals surface area contributed by atoms with Gasteiger partial charge in [-0.2, -0.15) is 0 Å². The number of allylic oxidation sites excluding steroid dienone is 2. The SMILES string of the molecule is CCCCCC1CCC(C2CC=C(c3cccc(F)c3)CC2)CC1. The number of rotatable bonds is 6. The molecule has 1 saturated carbocycles. The first kappa shape index (κ1) is 17.7. The van der Waals surface area contributed by atoms with Crippen molar-refractivity contribution < 1.29 is 4.39 Å². The molecule has 2 aliphatic rings. The lowest BCUT2D eigenvalue weighted by atomic mass is 9.70. The third kappa shape index (κ3) is 4.71. The smallest absolute Gasteiger partial charge is 0.123 e. The van der Waals surface area contributed by atoms with E-state index in [2.05, 4.69) is 19.1 Å². The van der Waals surface area contributed by atoms with Gasteiger partial charge in [0.25, 0.3) is 0 Å². The topological polar surface area (TPSA) is 0 Å². The Hall–Kier alpha value is -1.11. The first-order chi connectivity index (χ1) is 11.8. The van der Waals surface area contributed by atoms with Gasteiger partial charge in [0, 0.05) is 0 Å². The maximum absolute atomic E-state index is 13.4. The number of hydrogen-bond acceptors (Lipinski definition) is 0. The summed E-state index contributed by atoms with van der Waals surface area (Å²) in [5.41, 5.74) is 2.45. The molecular formula is C23H33F. The second-order valence-electron chi connectivity index (χ2n) is 8.05. The Balaban J connectivity index is 1.47. The van der Waals surface area contributed by atoms with Gasteiger partial charge < -0.3 is 0 Å². The van der Waals surface area contributed by atoms with E-state index in [0.29, 0.717) is 0 Å². The van der Waals surface area contributed by atoms with Gasteiger partial charge in [-0.25, -0.2) is 4.39 Å². The first-order valence-electron chi connectivity index (χ1n) is 10.2. The third-order valence-corrected chi connectivity index (χ3v) is 6.42. The van der Waals surface area contributed by atoms with E-state index in [0.717, 1.165) is 29.7 Å². The molecule has 1 heteroatoms. The van der Waals surface area contributed by atoms with Crippen LogP contribution in [-0.2, 0) is 0 Å². The van der Waals surface area contributed by atoms with Crippen molar-refractivity contribution in [1.82, 2.24) is 0 Å². The zero-order chi connectivity index (χ0) is 16.8. The molecule has 0 amide bonds. The van der Waals surface area contributed by atoms with Crippen LogP contribution < -0.4 is 0 Å². The molecule has 0 heterocycles. The van der Waals surface area contributed by atoms with E-state index >= 15 is 0 Å². The molecule has 0 aliphatic heterocycles. The Kier molecular flexibility index (Phi) is 6.51. The Morgan fingerprint density at radius 3 is 2.50 bits per heavy atom. The quantitative estimate of drug-likeness (QED) is 0.477. The fourth-order valence-corrected chi connectivity index (χ4v) is 4.86. The molecule has 0 spiro atoms. The van der Waals surface area contributed by atoms with Crippen LogP contribution in [0.3, 0.4) is 0 Å². The highest BCUT2D eigenvalue weighted by atomic mass is 19.1. The van der Waals surface area contributed by atoms with Gasteiger partial charge in [0.15, 0.2) is 0 Å². The van der Waals surface area contributed by atoms with Crippen LogP contribution in [0.25, 0.3) is 5.57 Å². The molecule has 0 radical (unpaired) electrons. The highest BCUT2D eigenvalue weighted by molar-refractivity contribution is 5.66. The Labute approximate surface area is 147 Å². The number of unbranched alkanes of at least 4 members (excludes halogenated alkanes) is 2. The molecule has 0 saturated heterocycles. The van der Waals surface area contributed by atoms with Crippen molar-refractivity contribution in [2.75, 3.05) is 0 Å². The lowest BCUT2D eigenvalue weighted by Crippen LogP contribution is -2.23. The van der Waals surface area contributed by atoms with Gasteiger partial charge in [0.2, 0.25) is 0 Å². The summed E-state index contributed by atoms with van der Waals surface area (Å²) in [7, 11) is 0. The highest BCUT2D eigenvalue weighted by Gasteiger charge is 2.28. The fraction of sp³-hybridized carbons (Fsp3) is 0.652. The molecule has 0 N–H and O–H groups in total. The predicted octanol–water partition coefficient (Wildman–Crippen LogP) is 7.40. The van der Waals surface area contributed by atoms with E-state index in [1.54, 1.807) is 6.07 Å². The first-order valence-corrected chi connectivity index (χ1v) is 10.2. The van der Waals surface area contributed by atoms with Crippen molar-refractivity contribution in [3.8, 4) is 0 Å². The minimum absolute atomic E-state index is 0.114. The number of halogens is 1. The van der Waals surface area contributed by atoms with Crippen LogP contribution in [-0.4, -0.2) is 0 Å². The summed E-state index contributed by atoms with van der Waals surface area (Å²) in [6, 6.07) is 7.11. The highest BCUT2D eigenvalue weighted by Crippen LogP contribution is 2.42. The van der Waals surface area contributed by atoms with Crippen molar-refractivity contribution in [3.05, 3.63) is 41.7 Å². The number of benzene rings is 1. The maximum Gasteiger partial charge on any atom is 0.123 e.